The van der Waals surface area contributed by atoms with E-state index in [-0.39, 0.29) is 11.9 Å². The minimum Gasteiger partial charge on any atom is -0.497 e. The van der Waals surface area contributed by atoms with Gasteiger partial charge in [0, 0.05) is 23.1 Å². The zero-order valence-electron chi connectivity index (χ0n) is 13.4. The average molecular weight is 344 g/mol. The Hall–Kier alpha value is -2.87. The molecule has 0 fully saturated rings. The Labute approximate surface area is 142 Å². The Morgan fingerprint density at radius 1 is 1.33 bits per heavy atom. The SMILES string of the molecule is COc1ccc(/C=C/C(=O)Nc2nc3scc(C)n3n2)c(OC)c1. The van der Waals surface area contributed by atoms with Gasteiger partial charge in [0.15, 0.2) is 0 Å². The Morgan fingerprint density at radius 2 is 2.17 bits per heavy atom. The summed E-state index contributed by atoms with van der Waals surface area (Å²) in [6, 6.07) is 5.37. The number of nitrogens with one attached hydrogen (secondary N) is 1. The predicted octanol–water partition coefficient (Wildman–Crippen LogP) is 2.77. The molecule has 124 valence electrons. The highest BCUT2D eigenvalue weighted by atomic mass is 32.1. The summed E-state index contributed by atoms with van der Waals surface area (Å²) >= 11 is 1.47. The molecule has 0 unspecified atom stereocenters. The third kappa shape index (κ3) is 3.23. The molecule has 0 saturated carbocycles. The van der Waals surface area contributed by atoms with Gasteiger partial charge in [-0.1, -0.05) is 0 Å². The van der Waals surface area contributed by atoms with Crippen LogP contribution in [-0.2, 0) is 4.79 Å². The van der Waals surface area contributed by atoms with Crippen LogP contribution in [0.4, 0.5) is 5.95 Å². The van der Waals surface area contributed by atoms with Gasteiger partial charge in [-0.2, -0.15) is 4.98 Å². The number of fused-ring (bicyclic) bond motifs is 1. The topological polar surface area (TPSA) is 77.8 Å². The van der Waals surface area contributed by atoms with Gasteiger partial charge in [-0.3, -0.25) is 10.1 Å². The summed E-state index contributed by atoms with van der Waals surface area (Å²) < 4.78 is 12.1. The van der Waals surface area contributed by atoms with Crippen LogP contribution in [-0.4, -0.2) is 34.7 Å². The van der Waals surface area contributed by atoms with Crippen molar-refractivity contribution in [1.29, 1.82) is 0 Å². The van der Waals surface area contributed by atoms with Gasteiger partial charge in [-0.15, -0.1) is 16.4 Å². The molecule has 2 aromatic heterocycles. The van der Waals surface area contributed by atoms with Crippen LogP contribution in [0.25, 0.3) is 11.0 Å². The first-order chi connectivity index (χ1) is 11.6. The van der Waals surface area contributed by atoms with E-state index in [1.807, 2.05) is 18.4 Å². The van der Waals surface area contributed by atoms with Crippen LogP contribution in [0.3, 0.4) is 0 Å². The summed E-state index contributed by atoms with van der Waals surface area (Å²) in [5.41, 5.74) is 1.74. The first-order valence-corrected chi connectivity index (χ1v) is 8.00. The van der Waals surface area contributed by atoms with E-state index in [0.717, 1.165) is 16.2 Å². The number of hydrogen-bond donors (Lipinski definition) is 1. The van der Waals surface area contributed by atoms with Gasteiger partial charge >= 0.3 is 0 Å². The molecule has 0 saturated heterocycles. The molecule has 2 heterocycles. The highest BCUT2D eigenvalue weighted by Crippen LogP contribution is 2.25. The van der Waals surface area contributed by atoms with Gasteiger partial charge in [0.2, 0.25) is 4.96 Å². The molecule has 0 bridgehead atoms. The molecule has 1 N–H and O–H groups in total. The Bertz CT molecular complexity index is 913. The van der Waals surface area contributed by atoms with Crippen LogP contribution < -0.4 is 14.8 Å². The monoisotopic (exact) mass is 344 g/mol. The maximum Gasteiger partial charge on any atom is 0.250 e. The number of thiazole rings is 1. The van der Waals surface area contributed by atoms with Crippen molar-refractivity contribution in [2.75, 3.05) is 19.5 Å². The van der Waals surface area contributed by atoms with Crippen molar-refractivity contribution in [2.24, 2.45) is 0 Å². The normalized spacial score (nSPS) is 11.1. The number of anilines is 1. The van der Waals surface area contributed by atoms with E-state index >= 15 is 0 Å². The maximum atomic E-state index is 12.0. The number of ether oxygens (including phenoxy) is 2. The summed E-state index contributed by atoms with van der Waals surface area (Å²) in [4.78, 5) is 17.0. The van der Waals surface area contributed by atoms with Crippen molar-refractivity contribution in [2.45, 2.75) is 6.92 Å². The molecule has 3 rings (SSSR count). The first-order valence-electron chi connectivity index (χ1n) is 7.12. The molecule has 0 spiro atoms. The number of rotatable bonds is 5. The Balaban J connectivity index is 1.73. The smallest absolute Gasteiger partial charge is 0.250 e. The molecule has 8 heteroatoms. The van der Waals surface area contributed by atoms with Crippen LogP contribution in [0.2, 0.25) is 0 Å². The lowest BCUT2D eigenvalue weighted by Gasteiger charge is -2.07. The fourth-order valence-corrected chi connectivity index (χ4v) is 2.92. The second-order valence-electron chi connectivity index (χ2n) is 4.94. The number of benzene rings is 1. The molecular weight excluding hydrogens is 328 g/mol. The molecule has 0 radical (unpaired) electrons. The summed E-state index contributed by atoms with van der Waals surface area (Å²) in [5, 5.41) is 8.84. The summed E-state index contributed by atoms with van der Waals surface area (Å²) in [6.45, 7) is 1.93. The number of aryl methyl sites for hydroxylation is 1. The second-order valence-corrected chi connectivity index (χ2v) is 5.77. The Kier molecular flexibility index (Phi) is 4.48. The number of amides is 1. The largest absolute Gasteiger partial charge is 0.497 e. The molecule has 1 amide bonds. The molecular formula is C16H16N4O3S. The number of methoxy groups -OCH3 is 2. The van der Waals surface area contributed by atoms with Crippen molar-refractivity contribution >= 4 is 34.2 Å². The van der Waals surface area contributed by atoms with E-state index in [9.17, 15) is 4.79 Å². The minimum atomic E-state index is -0.316. The van der Waals surface area contributed by atoms with Crippen LogP contribution in [0.15, 0.2) is 29.7 Å². The number of carbonyl (C=O) groups excluding carboxylic acids is 1. The lowest BCUT2D eigenvalue weighted by Crippen LogP contribution is -2.09. The molecule has 3 aromatic rings. The zero-order chi connectivity index (χ0) is 17.1. The van der Waals surface area contributed by atoms with Crippen molar-refractivity contribution < 1.29 is 14.3 Å². The van der Waals surface area contributed by atoms with Gasteiger partial charge in [0.1, 0.15) is 11.5 Å². The number of aromatic nitrogens is 3. The third-order valence-corrected chi connectivity index (χ3v) is 4.27. The van der Waals surface area contributed by atoms with Gasteiger partial charge in [0.25, 0.3) is 11.9 Å². The fourth-order valence-electron chi connectivity index (χ4n) is 2.12. The van der Waals surface area contributed by atoms with E-state index in [4.69, 9.17) is 9.47 Å². The summed E-state index contributed by atoms with van der Waals surface area (Å²) in [5.74, 6) is 1.27. The second kappa shape index (κ2) is 6.71. The number of nitrogens with zero attached hydrogens (tertiary/aromatic N) is 3. The van der Waals surface area contributed by atoms with Gasteiger partial charge in [0.05, 0.1) is 19.9 Å². The molecule has 0 aliphatic rings. The van der Waals surface area contributed by atoms with E-state index in [1.165, 1.54) is 17.4 Å². The first kappa shape index (κ1) is 16.0. The van der Waals surface area contributed by atoms with Crippen LogP contribution in [0.5, 0.6) is 11.5 Å². The van der Waals surface area contributed by atoms with Crippen molar-refractivity contribution in [3.05, 3.63) is 40.9 Å². The third-order valence-electron chi connectivity index (χ3n) is 3.34. The molecule has 24 heavy (non-hydrogen) atoms. The molecule has 0 aliphatic heterocycles. The molecule has 7 nitrogen and oxygen atoms in total. The van der Waals surface area contributed by atoms with E-state index < -0.39 is 0 Å². The summed E-state index contributed by atoms with van der Waals surface area (Å²) in [6.07, 6.45) is 3.07. The minimum absolute atomic E-state index is 0.279. The number of carbonyl (C=O) groups is 1. The standard InChI is InChI=1S/C16H16N4O3S/c1-10-9-24-16-18-15(19-20(10)16)17-14(21)7-5-11-4-6-12(22-2)8-13(11)23-3/h4-9H,1-3H3,(H,17,19,21)/b7-5+. The van der Waals surface area contributed by atoms with Crippen molar-refractivity contribution in [1.82, 2.24) is 14.6 Å². The van der Waals surface area contributed by atoms with Crippen LogP contribution >= 0.6 is 11.3 Å². The highest BCUT2D eigenvalue weighted by molar-refractivity contribution is 7.15. The zero-order valence-corrected chi connectivity index (χ0v) is 14.3. The predicted molar refractivity (Wildman–Crippen MR) is 92.8 cm³/mol. The number of hydrogen-bond acceptors (Lipinski definition) is 6. The molecule has 0 atom stereocenters. The van der Waals surface area contributed by atoms with Crippen molar-refractivity contribution in [3.63, 3.8) is 0 Å². The van der Waals surface area contributed by atoms with E-state index in [0.29, 0.717) is 11.5 Å². The fraction of sp³-hybridized carbons (Fsp3) is 0.188. The van der Waals surface area contributed by atoms with Gasteiger partial charge in [-0.25, -0.2) is 4.52 Å². The lowest BCUT2D eigenvalue weighted by molar-refractivity contribution is -0.111. The van der Waals surface area contributed by atoms with Crippen LogP contribution in [0, 0.1) is 6.92 Å². The molecule has 1 aromatic carbocycles. The van der Waals surface area contributed by atoms with Gasteiger partial charge < -0.3 is 9.47 Å². The lowest BCUT2D eigenvalue weighted by atomic mass is 10.1. The quantitative estimate of drug-likeness (QED) is 0.720. The maximum absolute atomic E-state index is 12.0. The summed E-state index contributed by atoms with van der Waals surface area (Å²) in [7, 11) is 3.15. The van der Waals surface area contributed by atoms with E-state index in [2.05, 4.69) is 15.4 Å². The average Bonchev–Trinajstić information content (AvgIpc) is 3.14. The van der Waals surface area contributed by atoms with E-state index in [1.54, 1.807) is 36.9 Å². The van der Waals surface area contributed by atoms with Crippen molar-refractivity contribution in [3.8, 4) is 11.5 Å². The van der Waals surface area contributed by atoms with Gasteiger partial charge in [-0.05, 0) is 25.1 Å². The molecule has 0 aliphatic carbocycles. The highest BCUT2D eigenvalue weighted by Gasteiger charge is 2.09. The van der Waals surface area contributed by atoms with Crippen LogP contribution in [0.1, 0.15) is 11.3 Å². The Morgan fingerprint density at radius 3 is 2.88 bits per heavy atom.